The van der Waals surface area contributed by atoms with E-state index in [0.717, 1.165) is 23.4 Å². The summed E-state index contributed by atoms with van der Waals surface area (Å²) < 4.78 is 5.95. The summed E-state index contributed by atoms with van der Waals surface area (Å²) in [6.07, 6.45) is 2.06. The van der Waals surface area contributed by atoms with Crippen molar-refractivity contribution in [2.45, 2.75) is 58.7 Å². The van der Waals surface area contributed by atoms with Crippen LogP contribution in [0.4, 0.5) is 0 Å². The molecule has 0 aliphatic carbocycles. The van der Waals surface area contributed by atoms with E-state index in [0.29, 0.717) is 12.5 Å². The molecule has 1 saturated heterocycles. The average molecular weight is 381 g/mol. The first kappa shape index (κ1) is 20.4. The van der Waals surface area contributed by atoms with Crippen LogP contribution in [-0.2, 0) is 17.9 Å². The third-order valence-electron chi connectivity index (χ3n) is 5.28. The van der Waals surface area contributed by atoms with Crippen LogP contribution in [0.3, 0.4) is 0 Å². The molecule has 0 unspecified atom stereocenters. The highest BCUT2D eigenvalue weighted by Gasteiger charge is 2.17. The molecule has 1 amide bonds. The lowest BCUT2D eigenvalue weighted by atomic mass is 10.0. The number of amides is 1. The van der Waals surface area contributed by atoms with Gasteiger partial charge in [-0.3, -0.25) is 9.69 Å². The van der Waals surface area contributed by atoms with Crippen molar-refractivity contribution in [2.24, 2.45) is 0 Å². The van der Waals surface area contributed by atoms with E-state index in [-0.39, 0.29) is 5.91 Å². The van der Waals surface area contributed by atoms with Gasteiger partial charge in [-0.15, -0.1) is 0 Å². The highest BCUT2D eigenvalue weighted by molar-refractivity contribution is 5.80. The maximum absolute atomic E-state index is 12.5. The molecule has 4 nitrogen and oxygen atoms in total. The molecule has 1 fully saturated rings. The second-order valence-corrected chi connectivity index (χ2v) is 7.97. The van der Waals surface area contributed by atoms with E-state index in [1.165, 1.54) is 31.5 Å². The van der Waals surface area contributed by atoms with Crippen molar-refractivity contribution in [3.8, 4) is 5.75 Å². The van der Waals surface area contributed by atoms with Gasteiger partial charge in [0.15, 0.2) is 6.10 Å². The van der Waals surface area contributed by atoms with Gasteiger partial charge in [0.1, 0.15) is 5.75 Å². The number of ether oxygens (including phenoxy) is 1. The van der Waals surface area contributed by atoms with Crippen molar-refractivity contribution < 1.29 is 9.53 Å². The number of likely N-dealkylation sites (tertiary alicyclic amines) is 1. The van der Waals surface area contributed by atoms with Crippen LogP contribution < -0.4 is 10.1 Å². The van der Waals surface area contributed by atoms with E-state index in [1.54, 1.807) is 6.92 Å². The van der Waals surface area contributed by atoms with Crippen LogP contribution in [0.15, 0.2) is 48.5 Å². The normalized spacial score (nSPS) is 15.6. The number of hydrogen-bond acceptors (Lipinski definition) is 3. The van der Waals surface area contributed by atoms with Crippen molar-refractivity contribution in [1.82, 2.24) is 10.2 Å². The Balaban J connectivity index is 1.53. The van der Waals surface area contributed by atoms with Crippen molar-refractivity contribution in [2.75, 3.05) is 13.1 Å². The molecule has 0 saturated carbocycles. The van der Waals surface area contributed by atoms with Gasteiger partial charge in [0, 0.05) is 13.1 Å². The minimum atomic E-state index is -0.535. The molecule has 0 aromatic heterocycles. The van der Waals surface area contributed by atoms with Crippen LogP contribution in [0.25, 0.3) is 0 Å². The molecule has 3 rings (SSSR count). The van der Waals surface area contributed by atoms with Crippen molar-refractivity contribution in [1.29, 1.82) is 0 Å². The van der Waals surface area contributed by atoms with Crippen LogP contribution in [0.1, 0.15) is 56.2 Å². The molecule has 150 valence electrons. The Hall–Kier alpha value is -2.33. The summed E-state index contributed by atoms with van der Waals surface area (Å²) in [5.41, 5.74) is 3.56. The van der Waals surface area contributed by atoms with Gasteiger partial charge in [0.05, 0.1) is 0 Å². The number of carbonyl (C=O) groups excluding carboxylic acids is 1. The minimum absolute atomic E-state index is 0.0940. The SMILES string of the molecule is CC(C)c1ccccc1O[C@@H](C)C(=O)NCc1cccc(CN2CCCC2)c1. The summed E-state index contributed by atoms with van der Waals surface area (Å²) in [4.78, 5) is 15.0. The fourth-order valence-electron chi connectivity index (χ4n) is 3.68. The fraction of sp³-hybridized carbons (Fsp3) is 0.458. The monoisotopic (exact) mass is 380 g/mol. The Morgan fingerprint density at radius 1 is 1.04 bits per heavy atom. The fourth-order valence-corrected chi connectivity index (χ4v) is 3.68. The second-order valence-electron chi connectivity index (χ2n) is 7.97. The van der Waals surface area contributed by atoms with E-state index < -0.39 is 6.10 Å². The average Bonchev–Trinajstić information content (AvgIpc) is 3.19. The summed E-state index contributed by atoms with van der Waals surface area (Å²) in [6.45, 7) is 9.95. The molecule has 0 radical (unpaired) electrons. The van der Waals surface area contributed by atoms with Gasteiger partial charge in [0.2, 0.25) is 0 Å². The summed E-state index contributed by atoms with van der Waals surface area (Å²) in [5, 5.41) is 3.01. The zero-order valence-corrected chi connectivity index (χ0v) is 17.3. The van der Waals surface area contributed by atoms with E-state index in [4.69, 9.17) is 4.74 Å². The molecular formula is C24H32N2O2. The molecule has 1 atom stereocenters. The summed E-state index contributed by atoms with van der Waals surface area (Å²) in [6, 6.07) is 16.4. The number of nitrogens with one attached hydrogen (secondary N) is 1. The molecule has 0 spiro atoms. The van der Waals surface area contributed by atoms with Crippen LogP contribution >= 0.6 is 0 Å². The van der Waals surface area contributed by atoms with Gasteiger partial charge in [0.25, 0.3) is 5.91 Å². The number of nitrogens with zero attached hydrogens (tertiary/aromatic N) is 1. The maximum Gasteiger partial charge on any atom is 0.261 e. The van der Waals surface area contributed by atoms with Crippen molar-refractivity contribution in [3.05, 3.63) is 65.2 Å². The first-order valence-electron chi connectivity index (χ1n) is 10.4. The Labute approximate surface area is 168 Å². The second kappa shape index (κ2) is 9.74. The third-order valence-corrected chi connectivity index (χ3v) is 5.28. The Morgan fingerprint density at radius 2 is 1.75 bits per heavy atom. The van der Waals surface area contributed by atoms with Crippen LogP contribution in [0.5, 0.6) is 5.75 Å². The van der Waals surface area contributed by atoms with E-state index in [9.17, 15) is 4.79 Å². The Kier molecular flexibility index (Phi) is 7.10. The Bertz CT molecular complexity index is 782. The molecule has 28 heavy (non-hydrogen) atoms. The standard InChI is InChI=1S/C24H32N2O2/c1-18(2)22-11-4-5-12-23(22)28-19(3)24(27)25-16-20-9-8-10-21(15-20)17-26-13-6-7-14-26/h4-5,8-12,15,18-19H,6-7,13-14,16-17H2,1-3H3,(H,25,27)/t19-/m0/s1. The quantitative estimate of drug-likeness (QED) is 0.734. The zero-order chi connectivity index (χ0) is 19.9. The van der Waals surface area contributed by atoms with Crippen LogP contribution in [0.2, 0.25) is 0 Å². The highest BCUT2D eigenvalue weighted by atomic mass is 16.5. The van der Waals surface area contributed by atoms with Gasteiger partial charge in [-0.05, 0) is 61.5 Å². The summed E-state index contributed by atoms with van der Waals surface area (Å²) >= 11 is 0. The van der Waals surface area contributed by atoms with Crippen molar-refractivity contribution in [3.63, 3.8) is 0 Å². The predicted octanol–water partition coefficient (Wildman–Crippen LogP) is 4.49. The molecule has 2 aromatic rings. The molecule has 1 aliphatic rings. The van der Waals surface area contributed by atoms with Gasteiger partial charge < -0.3 is 10.1 Å². The maximum atomic E-state index is 12.5. The molecule has 1 heterocycles. The lowest BCUT2D eigenvalue weighted by molar-refractivity contribution is -0.127. The van der Waals surface area contributed by atoms with E-state index >= 15 is 0 Å². The van der Waals surface area contributed by atoms with Gasteiger partial charge in [-0.25, -0.2) is 0 Å². The smallest absolute Gasteiger partial charge is 0.261 e. The van der Waals surface area contributed by atoms with E-state index in [1.807, 2.05) is 18.2 Å². The molecular weight excluding hydrogens is 348 g/mol. The topological polar surface area (TPSA) is 41.6 Å². The summed E-state index contributed by atoms with van der Waals surface area (Å²) in [5.74, 6) is 1.04. The highest BCUT2D eigenvalue weighted by Crippen LogP contribution is 2.26. The lowest BCUT2D eigenvalue weighted by Gasteiger charge is -2.19. The lowest BCUT2D eigenvalue weighted by Crippen LogP contribution is -2.36. The molecule has 1 aliphatic heterocycles. The predicted molar refractivity (Wildman–Crippen MR) is 113 cm³/mol. The Morgan fingerprint density at radius 3 is 2.50 bits per heavy atom. The number of hydrogen-bond donors (Lipinski definition) is 1. The zero-order valence-electron chi connectivity index (χ0n) is 17.3. The van der Waals surface area contributed by atoms with Crippen LogP contribution in [-0.4, -0.2) is 30.0 Å². The van der Waals surface area contributed by atoms with Crippen LogP contribution in [0, 0.1) is 0 Å². The minimum Gasteiger partial charge on any atom is -0.481 e. The van der Waals surface area contributed by atoms with Gasteiger partial charge >= 0.3 is 0 Å². The van der Waals surface area contributed by atoms with Crippen molar-refractivity contribution >= 4 is 5.91 Å². The third kappa shape index (κ3) is 5.59. The number of carbonyl (C=O) groups is 1. The molecule has 4 heteroatoms. The molecule has 1 N–H and O–H groups in total. The van der Waals surface area contributed by atoms with Gasteiger partial charge in [-0.1, -0.05) is 56.3 Å². The molecule has 2 aromatic carbocycles. The van der Waals surface area contributed by atoms with Gasteiger partial charge in [-0.2, -0.15) is 0 Å². The molecule has 0 bridgehead atoms. The van der Waals surface area contributed by atoms with E-state index in [2.05, 4.69) is 54.4 Å². The number of para-hydroxylation sites is 1. The first-order chi connectivity index (χ1) is 13.5. The number of benzene rings is 2. The summed E-state index contributed by atoms with van der Waals surface area (Å²) in [7, 11) is 0. The number of rotatable bonds is 8. The first-order valence-corrected chi connectivity index (χ1v) is 10.4. The largest absolute Gasteiger partial charge is 0.481 e.